The highest BCUT2D eigenvalue weighted by atomic mass is 16.2. The Morgan fingerprint density at radius 2 is 1.74 bits per heavy atom. The van der Waals surface area contributed by atoms with Crippen LogP contribution in [-0.2, 0) is 4.79 Å². The highest BCUT2D eigenvalue weighted by Gasteiger charge is 2.28. The number of urea groups is 1. The summed E-state index contributed by atoms with van der Waals surface area (Å²) < 4.78 is 0. The van der Waals surface area contributed by atoms with Gasteiger partial charge in [-0.15, -0.1) is 0 Å². The number of hydrogen-bond donors (Lipinski definition) is 1. The van der Waals surface area contributed by atoms with Crippen molar-refractivity contribution >= 4 is 11.8 Å². The molecule has 1 unspecified atom stereocenters. The second kappa shape index (κ2) is 6.92. The van der Waals surface area contributed by atoms with E-state index in [9.17, 15) is 9.59 Å². The number of nitrogens with one attached hydrogen (secondary N) is 1. The van der Waals surface area contributed by atoms with Crippen molar-refractivity contribution in [3.05, 3.63) is 0 Å². The molecule has 0 aromatic carbocycles. The Bertz CT molecular complexity index is 324. The second-order valence-electron chi connectivity index (χ2n) is 6.03. The first-order valence-corrected chi connectivity index (χ1v) is 7.73. The third kappa shape index (κ3) is 4.22. The fourth-order valence-electron chi connectivity index (χ4n) is 3.32. The van der Waals surface area contributed by atoms with Gasteiger partial charge in [-0.3, -0.25) is 4.79 Å². The Morgan fingerprint density at radius 1 is 1.05 bits per heavy atom. The molecule has 1 heterocycles. The lowest BCUT2D eigenvalue weighted by Crippen LogP contribution is -2.52. The highest BCUT2D eigenvalue weighted by Crippen LogP contribution is 2.22. The van der Waals surface area contributed by atoms with Crippen LogP contribution in [0.15, 0.2) is 0 Å². The fourth-order valence-corrected chi connectivity index (χ4v) is 3.32. The zero-order chi connectivity index (χ0) is 13.7. The van der Waals surface area contributed by atoms with E-state index in [-0.39, 0.29) is 17.9 Å². The topological polar surface area (TPSA) is 49.4 Å². The summed E-state index contributed by atoms with van der Waals surface area (Å²) in [4.78, 5) is 25.6. The molecule has 0 spiro atoms. The summed E-state index contributed by atoms with van der Waals surface area (Å²) in [5.41, 5.74) is 0. The van der Waals surface area contributed by atoms with Crippen LogP contribution < -0.4 is 5.32 Å². The average molecular weight is 266 g/mol. The Kier molecular flexibility index (Phi) is 5.23. The lowest BCUT2D eigenvalue weighted by Gasteiger charge is -2.37. The standard InChI is InChI=1S/C15H26N2O2/c1-12(18)11-14-9-5-6-10-17(14)15(19)16-13-7-3-2-4-8-13/h13-14H,2-11H2,1H3,(H,16,19). The number of Topliss-reactive ketones (excluding diaryl/α,β-unsaturated/α-hetero) is 1. The van der Waals surface area contributed by atoms with Crippen molar-refractivity contribution in [3.63, 3.8) is 0 Å². The van der Waals surface area contributed by atoms with Gasteiger partial charge in [0.2, 0.25) is 0 Å². The van der Waals surface area contributed by atoms with Gasteiger partial charge in [-0.05, 0) is 39.0 Å². The molecule has 1 saturated carbocycles. The van der Waals surface area contributed by atoms with Crippen LogP contribution in [0, 0.1) is 0 Å². The van der Waals surface area contributed by atoms with Crippen LogP contribution >= 0.6 is 0 Å². The van der Waals surface area contributed by atoms with Crippen molar-refractivity contribution in [1.82, 2.24) is 10.2 Å². The Labute approximate surface area is 115 Å². The summed E-state index contributed by atoms with van der Waals surface area (Å²) in [5.74, 6) is 0.183. The molecule has 2 rings (SSSR count). The molecule has 19 heavy (non-hydrogen) atoms. The molecule has 1 N–H and O–H groups in total. The fraction of sp³-hybridized carbons (Fsp3) is 0.867. The number of nitrogens with zero attached hydrogens (tertiary/aromatic N) is 1. The quantitative estimate of drug-likeness (QED) is 0.854. The van der Waals surface area contributed by atoms with Gasteiger partial charge in [-0.1, -0.05) is 19.3 Å². The average Bonchev–Trinajstić information content (AvgIpc) is 2.39. The highest BCUT2D eigenvalue weighted by molar-refractivity contribution is 5.79. The van der Waals surface area contributed by atoms with Crippen molar-refractivity contribution in [3.8, 4) is 0 Å². The van der Waals surface area contributed by atoms with Gasteiger partial charge in [0.25, 0.3) is 0 Å². The van der Waals surface area contributed by atoms with E-state index >= 15 is 0 Å². The van der Waals surface area contributed by atoms with E-state index < -0.39 is 0 Å². The third-order valence-electron chi connectivity index (χ3n) is 4.34. The first-order chi connectivity index (χ1) is 9.16. The summed E-state index contributed by atoms with van der Waals surface area (Å²) in [6.07, 6.45) is 9.63. The predicted octanol–water partition coefficient (Wildman–Crippen LogP) is 2.86. The van der Waals surface area contributed by atoms with Gasteiger partial charge in [-0.25, -0.2) is 4.79 Å². The number of amides is 2. The maximum Gasteiger partial charge on any atom is 0.317 e. The number of rotatable bonds is 3. The largest absolute Gasteiger partial charge is 0.335 e. The molecule has 1 atom stereocenters. The minimum absolute atomic E-state index is 0.0536. The number of hydrogen-bond acceptors (Lipinski definition) is 2. The SMILES string of the molecule is CC(=O)CC1CCCCN1C(=O)NC1CCCCC1. The Balaban J connectivity index is 1.88. The van der Waals surface area contributed by atoms with E-state index in [0.29, 0.717) is 12.5 Å². The summed E-state index contributed by atoms with van der Waals surface area (Å²) >= 11 is 0. The van der Waals surface area contributed by atoms with Crippen LogP contribution in [0.25, 0.3) is 0 Å². The lowest BCUT2D eigenvalue weighted by molar-refractivity contribution is -0.118. The molecule has 1 aliphatic heterocycles. The van der Waals surface area contributed by atoms with Crippen molar-refractivity contribution in [2.75, 3.05) is 6.54 Å². The first kappa shape index (κ1) is 14.4. The minimum Gasteiger partial charge on any atom is -0.335 e. The molecule has 108 valence electrons. The minimum atomic E-state index is 0.0536. The van der Waals surface area contributed by atoms with E-state index in [2.05, 4.69) is 5.32 Å². The van der Waals surface area contributed by atoms with Gasteiger partial charge in [0.1, 0.15) is 5.78 Å². The smallest absolute Gasteiger partial charge is 0.317 e. The second-order valence-corrected chi connectivity index (χ2v) is 6.03. The molecule has 1 aliphatic carbocycles. The van der Waals surface area contributed by atoms with Crippen LogP contribution in [-0.4, -0.2) is 35.3 Å². The monoisotopic (exact) mass is 266 g/mol. The molecule has 0 aromatic rings. The molecule has 4 nitrogen and oxygen atoms in total. The van der Waals surface area contributed by atoms with Crippen LogP contribution in [0.4, 0.5) is 4.79 Å². The van der Waals surface area contributed by atoms with Crippen LogP contribution in [0.1, 0.15) is 64.7 Å². The van der Waals surface area contributed by atoms with E-state index in [1.807, 2.05) is 4.90 Å². The third-order valence-corrected chi connectivity index (χ3v) is 4.34. The van der Waals surface area contributed by atoms with Gasteiger partial charge < -0.3 is 10.2 Å². The molecule has 4 heteroatoms. The number of piperidine rings is 1. The predicted molar refractivity (Wildman–Crippen MR) is 75.0 cm³/mol. The van der Waals surface area contributed by atoms with Crippen LogP contribution in [0.2, 0.25) is 0 Å². The van der Waals surface area contributed by atoms with E-state index in [1.54, 1.807) is 6.92 Å². The van der Waals surface area contributed by atoms with Crippen LogP contribution in [0.5, 0.6) is 0 Å². The number of carbonyl (C=O) groups excluding carboxylic acids is 2. The van der Waals surface area contributed by atoms with E-state index in [1.165, 1.54) is 19.3 Å². The lowest BCUT2D eigenvalue weighted by atomic mass is 9.95. The number of ketones is 1. The Morgan fingerprint density at radius 3 is 2.42 bits per heavy atom. The van der Waals surface area contributed by atoms with Crippen LogP contribution in [0.3, 0.4) is 0 Å². The van der Waals surface area contributed by atoms with Crippen molar-refractivity contribution < 1.29 is 9.59 Å². The van der Waals surface area contributed by atoms with Gasteiger partial charge in [-0.2, -0.15) is 0 Å². The van der Waals surface area contributed by atoms with Crippen molar-refractivity contribution in [1.29, 1.82) is 0 Å². The molecular formula is C15H26N2O2. The first-order valence-electron chi connectivity index (χ1n) is 7.73. The van der Waals surface area contributed by atoms with Crippen molar-refractivity contribution in [2.24, 2.45) is 0 Å². The molecule has 0 bridgehead atoms. The molecule has 0 aromatic heterocycles. The van der Waals surface area contributed by atoms with Gasteiger partial charge in [0, 0.05) is 25.0 Å². The van der Waals surface area contributed by atoms with E-state index in [4.69, 9.17) is 0 Å². The van der Waals surface area contributed by atoms with Crippen molar-refractivity contribution in [2.45, 2.75) is 76.8 Å². The molecule has 2 amide bonds. The number of likely N-dealkylation sites (tertiary alicyclic amines) is 1. The molecular weight excluding hydrogens is 240 g/mol. The van der Waals surface area contributed by atoms with Gasteiger partial charge in [0.05, 0.1) is 0 Å². The summed E-state index contributed by atoms with van der Waals surface area (Å²) in [6, 6.07) is 0.522. The zero-order valence-electron chi connectivity index (χ0n) is 12.0. The zero-order valence-corrected chi connectivity index (χ0v) is 12.0. The maximum atomic E-state index is 12.4. The maximum absolute atomic E-state index is 12.4. The van der Waals surface area contributed by atoms with E-state index in [0.717, 1.165) is 38.6 Å². The number of carbonyl (C=O) groups is 2. The normalized spacial score (nSPS) is 25.1. The van der Waals surface area contributed by atoms with Gasteiger partial charge >= 0.3 is 6.03 Å². The summed E-state index contributed by atoms with van der Waals surface area (Å²) in [5, 5.41) is 3.17. The Hall–Kier alpha value is -1.06. The molecule has 0 radical (unpaired) electrons. The van der Waals surface area contributed by atoms with Gasteiger partial charge in [0.15, 0.2) is 0 Å². The molecule has 2 fully saturated rings. The molecule has 2 aliphatic rings. The summed E-state index contributed by atoms with van der Waals surface area (Å²) in [6.45, 7) is 2.42. The summed E-state index contributed by atoms with van der Waals surface area (Å²) in [7, 11) is 0. The molecule has 1 saturated heterocycles.